The number of hydrogen-bond donors (Lipinski definition) is 1. The van der Waals surface area contributed by atoms with Gasteiger partial charge in [0, 0.05) is 19.6 Å². The molecule has 3 nitrogen and oxygen atoms in total. The molecule has 0 aromatic carbocycles. The van der Waals surface area contributed by atoms with E-state index < -0.39 is 0 Å². The fraction of sp³-hybridized carbons (Fsp3) is 0.923. The highest BCUT2D eigenvalue weighted by molar-refractivity contribution is 5.85. The molecule has 1 heterocycles. The molecule has 1 atom stereocenters. The Morgan fingerprint density at radius 3 is 2.47 bits per heavy atom. The zero-order chi connectivity index (χ0) is 11.6. The van der Waals surface area contributed by atoms with Crippen LogP contribution in [0.15, 0.2) is 0 Å². The van der Waals surface area contributed by atoms with Gasteiger partial charge < -0.3 is 10.2 Å². The van der Waals surface area contributed by atoms with Crippen molar-refractivity contribution in [3.63, 3.8) is 0 Å². The Balaban J connectivity index is 0.00000144. The predicted octanol–water partition coefficient (Wildman–Crippen LogP) is 2.20. The van der Waals surface area contributed by atoms with Crippen molar-refractivity contribution in [3.8, 4) is 0 Å². The van der Waals surface area contributed by atoms with Crippen LogP contribution >= 0.6 is 12.4 Å². The zero-order valence-electron chi connectivity index (χ0n) is 11.0. The Morgan fingerprint density at radius 1 is 1.29 bits per heavy atom. The van der Waals surface area contributed by atoms with Gasteiger partial charge in [0.2, 0.25) is 5.91 Å². The zero-order valence-corrected chi connectivity index (χ0v) is 11.8. The van der Waals surface area contributed by atoms with Crippen molar-refractivity contribution in [2.24, 2.45) is 5.41 Å². The first-order valence-electron chi connectivity index (χ1n) is 6.61. The Morgan fingerprint density at radius 2 is 1.94 bits per heavy atom. The molecule has 0 aromatic heterocycles. The van der Waals surface area contributed by atoms with Crippen LogP contribution in [-0.4, -0.2) is 37.0 Å². The number of hydrogen-bond acceptors (Lipinski definition) is 2. The molecule has 0 spiro atoms. The van der Waals surface area contributed by atoms with Crippen LogP contribution in [0.3, 0.4) is 0 Å². The largest absolute Gasteiger partial charge is 0.342 e. The summed E-state index contributed by atoms with van der Waals surface area (Å²) in [6.07, 6.45) is 7.14. The summed E-state index contributed by atoms with van der Waals surface area (Å²) >= 11 is 0. The second-order valence-electron chi connectivity index (χ2n) is 5.70. The maximum Gasteiger partial charge on any atom is 0.229 e. The van der Waals surface area contributed by atoms with Gasteiger partial charge in [-0.1, -0.05) is 12.8 Å². The maximum atomic E-state index is 12.5. The number of rotatable bonds is 2. The molecular weight excluding hydrogens is 236 g/mol. The number of carbonyl (C=O) groups excluding carboxylic acids is 1. The maximum absolute atomic E-state index is 12.5. The first-order valence-corrected chi connectivity index (χ1v) is 6.61. The van der Waals surface area contributed by atoms with Crippen LogP contribution in [0.1, 0.15) is 45.4 Å². The third-order valence-electron chi connectivity index (χ3n) is 4.31. The molecule has 0 aromatic rings. The van der Waals surface area contributed by atoms with Gasteiger partial charge in [-0.3, -0.25) is 4.79 Å². The highest BCUT2D eigenvalue weighted by Crippen LogP contribution is 2.31. The van der Waals surface area contributed by atoms with E-state index in [2.05, 4.69) is 12.2 Å². The Kier molecular flexibility index (Phi) is 5.26. The first-order chi connectivity index (χ1) is 7.63. The molecule has 1 saturated heterocycles. The standard InChI is InChI=1S/C13H24N2O.ClH/c1-13(8-5-9-14-10-13)12(16)15(2)11-6-3-4-7-11;/h11,14H,3-10H2,1-2H3;1H. The van der Waals surface area contributed by atoms with Gasteiger partial charge in [-0.2, -0.15) is 0 Å². The molecule has 1 amide bonds. The van der Waals surface area contributed by atoms with Crippen LogP contribution in [0.4, 0.5) is 0 Å². The topological polar surface area (TPSA) is 32.3 Å². The van der Waals surface area contributed by atoms with Crippen molar-refractivity contribution >= 4 is 18.3 Å². The van der Waals surface area contributed by atoms with E-state index >= 15 is 0 Å². The van der Waals surface area contributed by atoms with Gasteiger partial charge in [0.1, 0.15) is 0 Å². The smallest absolute Gasteiger partial charge is 0.229 e. The predicted molar refractivity (Wildman–Crippen MR) is 72.5 cm³/mol. The molecule has 4 heteroatoms. The van der Waals surface area contributed by atoms with Crippen molar-refractivity contribution in [1.82, 2.24) is 10.2 Å². The van der Waals surface area contributed by atoms with Gasteiger partial charge in [-0.05, 0) is 39.2 Å². The van der Waals surface area contributed by atoms with E-state index in [9.17, 15) is 4.79 Å². The monoisotopic (exact) mass is 260 g/mol. The highest BCUT2D eigenvalue weighted by Gasteiger charge is 2.38. The molecule has 1 aliphatic heterocycles. The van der Waals surface area contributed by atoms with Crippen molar-refractivity contribution in [3.05, 3.63) is 0 Å². The lowest BCUT2D eigenvalue weighted by molar-refractivity contribution is -0.143. The molecule has 1 aliphatic carbocycles. The summed E-state index contributed by atoms with van der Waals surface area (Å²) in [4.78, 5) is 14.5. The van der Waals surface area contributed by atoms with E-state index in [1.54, 1.807) is 0 Å². The quantitative estimate of drug-likeness (QED) is 0.826. The number of piperidine rings is 1. The Labute approximate surface area is 111 Å². The summed E-state index contributed by atoms with van der Waals surface area (Å²) < 4.78 is 0. The van der Waals surface area contributed by atoms with Crippen LogP contribution in [0.5, 0.6) is 0 Å². The lowest BCUT2D eigenvalue weighted by atomic mass is 9.81. The minimum Gasteiger partial charge on any atom is -0.342 e. The average Bonchev–Trinajstić information content (AvgIpc) is 2.81. The molecule has 1 saturated carbocycles. The van der Waals surface area contributed by atoms with E-state index in [0.29, 0.717) is 11.9 Å². The summed E-state index contributed by atoms with van der Waals surface area (Å²) in [5.74, 6) is 0.353. The second kappa shape index (κ2) is 6.05. The number of halogens is 1. The van der Waals surface area contributed by atoms with Gasteiger partial charge >= 0.3 is 0 Å². The van der Waals surface area contributed by atoms with Crippen molar-refractivity contribution in [2.45, 2.75) is 51.5 Å². The van der Waals surface area contributed by atoms with Crippen LogP contribution in [0, 0.1) is 5.41 Å². The van der Waals surface area contributed by atoms with E-state index in [4.69, 9.17) is 0 Å². The molecule has 2 rings (SSSR count). The molecule has 0 radical (unpaired) electrons. The van der Waals surface area contributed by atoms with Crippen molar-refractivity contribution in [2.75, 3.05) is 20.1 Å². The number of amides is 1. The van der Waals surface area contributed by atoms with E-state index in [-0.39, 0.29) is 17.8 Å². The SMILES string of the molecule is CN(C(=O)C1(C)CCCNC1)C1CCCC1.Cl. The molecule has 1 unspecified atom stereocenters. The fourth-order valence-corrected chi connectivity index (χ4v) is 3.12. The highest BCUT2D eigenvalue weighted by atomic mass is 35.5. The molecule has 0 bridgehead atoms. The van der Waals surface area contributed by atoms with Gasteiger partial charge in [0.25, 0.3) is 0 Å². The van der Waals surface area contributed by atoms with Gasteiger partial charge in [0.05, 0.1) is 5.41 Å². The Bertz CT molecular complexity index is 258. The number of nitrogens with one attached hydrogen (secondary N) is 1. The van der Waals surface area contributed by atoms with Crippen LogP contribution in [0.2, 0.25) is 0 Å². The van der Waals surface area contributed by atoms with Crippen molar-refractivity contribution < 1.29 is 4.79 Å². The minimum absolute atomic E-state index is 0. The van der Waals surface area contributed by atoms with Crippen molar-refractivity contribution in [1.29, 1.82) is 0 Å². The van der Waals surface area contributed by atoms with Gasteiger partial charge in [-0.15, -0.1) is 12.4 Å². The lowest BCUT2D eigenvalue weighted by Crippen LogP contribution is -2.51. The summed E-state index contributed by atoms with van der Waals surface area (Å²) in [6, 6.07) is 0.506. The van der Waals surface area contributed by atoms with E-state index in [0.717, 1.165) is 25.9 Å². The Hall–Kier alpha value is -0.280. The normalized spacial score (nSPS) is 29.8. The third kappa shape index (κ3) is 3.14. The van der Waals surface area contributed by atoms with Crippen LogP contribution in [0.25, 0.3) is 0 Å². The molecule has 2 aliphatic rings. The summed E-state index contributed by atoms with van der Waals surface area (Å²) in [5.41, 5.74) is -0.157. The molecule has 1 N–H and O–H groups in total. The number of nitrogens with zero attached hydrogens (tertiary/aromatic N) is 1. The summed E-state index contributed by atoms with van der Waals surface area (Å²) in [5, 5.41) is 3.35. The van der Waals surface area contributed by atoms with E-state index in [1.165, 1.54) is 25.7 Å². The molecule has 2 fully saturated rings. The fourth-order valence-electron chi connectivity index (χ4n) is 3.12. The summed E-state index contributed by atoms with van der Waals surface area (Å²) in [6.45, 7) is 4.03. The van der Waals surface area contributed by atoms with Crippen LogP contribution < -0.4 is 5.32 Å². The third-order valence-corrected chi connectivity index (χ3v) is 4.31. The van der Waals surface area contributed by atoms with Gasteiger partial charge in [0.15, 0.2) is 0 Å². The lowest BCUT2D eigenvalue weighted by Gasteiger charge is -2.38. The molecular formula is C13H25ClN2O. The minimum atomic E-state index is -0.157. The first kappa shape index (κ1) is 14.8. The van der Waals surface area contributed by atoms with E-state index in [1.807, 2.05) is 11.9 Å². The van der Waals surface area contributed by atoms with Gasteiger partial charge in [-0.25, -0.2) is 0 Å². The number of carbonyl (C=O) groups is 1. The summed E-state index contributed by atoms with van der Waals surface area (Å²) in [7, 11) is 2.00. The molecule has 17 heavy (non-hydrogen) atoms. The molecule has 100 valence electrons. The second-order valence-corrected chi connectivity index (χ2v) is 5.70. The average molecular weight is 261 g/mol. The van der Waals surface area contributed by atoms with Crippen LogP contribution in [-0.2, 0) is 4.79 Å².